The molecule has 0 radical (unpaired) electrons. The molecule has 6 heteroatoms. The van der Waals surface area contributed by atoms with Crippen molar-refractivity contribution in [3.8, 4) is 5.75 Å². The van der Waals surface area contributed by atoms with Crippen LogP contribution in [0, 0.1) is 0 Å². The topological polar surface area (TPSA) is 84.9 Å². The second kappa shape index (κ2) is 5.92. The number of carboxylic acids is 1. The number of rotatable bonds is 5. The minimum absolute atomic E-state index is 0.00883. The summed E-state index contributed by atoms with van der Waals surface area (Å²) < 4.78 is 10.4. The number of hydrogen-bond acceptors (Lipinski definition) is 4. The third-order valence-corrected chi connectivity index (χ3v) is 3.21. The Balaban J connectivity index is 2.09. The molecule has 1 unspecified atom stereocenters. The van der Waals surface area contributed by atoms with E-state index in [9.17, 15) is 14.7 Å². The number of nitrogens with one attached hydrogen (secondary N) is 1. The molecule has 1 aromatic carbocycles. The molecule has 0 aromatic heterocycles. The molecule has 1 saturated heterocycles. The van der Waals surface area contributed by atoms with Crippen molar-refractivity contribution in [2.75, 3.05) is 19.8 Å². The Morgan fingerprint density at radius 1 is 1.40 bits per heavy atom. The second-order valence-electron chi connectivity index (χ2n) is 4.60. The SMILES string of the molecule is CCOc1ccc(C(=O)NC2(C(=O)O)CCOC2)cc1. The van der Waals surface area contributed by atoms with Crippen LogP contribution >= 0.6 is 0 Å². The molecule has 6 nitrogen and oxygen atoms in total. The molecule has 0 saturated carbocycles. The van der Waals surface area contributed by atoms with Crippen molar-refractivity contribution in [1.29, 1.82) is 0 Å². The Kier molecular flexibility index (Phi) is 4.24. The van der Waals surface area contributed by atoms with Gasteiger partial charge in [0.25, 0.3) is 5.91 Å². The Labute approximate surface area is 116 Å². The number of carbonyl (C=O) groups excluding carboxylic acids is 1. The van der Waals surface area contributed by atoms with Gasteiger partial charge in [-0.25, -0.2) is 4.79 Å². The van der Waals surface area contributed by atoms with Crippen molar-refractivity contribution < 1.29 is 24.2 Å². The van der Waals surface area contributed by atoms with Gasteiger partial charge in [0.05, 0.1) is 13.2 Å². The van der Waals surface area contributed by atoms with Gasteiger partial charge in [0, 0.05) is 18.6 Å². The summed E-state index contributed by atoms with van der Waals surface area (Å²) in [5.41, 5.74) is -0.934. The summed E-state index contributed by atoms with van der Waals surface area (Å²) in [6, 6.07) is 6.56. The van der Waals surface area contributed by atoms with Crippen LogP contribution in [-0.2, 0) is 9.53 Å². The van der Waals surface area contributed by atoms with Gasteiger partial charge in [0.1, 0.15) is 5.75 Å². The van der Waals surface area contributed by atoms with Crippen LogP contribution in [0.1, 0.15) is 23.7 Å². The highest BCUT2D eigenvalue weighted by atomic mass is 16.5. The summed E-state index contributed by atoms with van der Waals surface area (Å²) in [4.78, 5) is 23.4. The Bertz CT molecular complexity index is 491. The molecule has 2 rings (SSSR count). The first-order valence-corrected chi connectivity index (χ1v) is 6.44. The molecule has 20 heavy (non-hydrogen) atoms. The first-order chi connectivity index (χ1) is 9.57. The van der Waals surface area contributed by atoms with E-state index < -0.39 is 17.4 Å². The minimum atomic E-state index is -1.32. The van der Waals surface area contributed by atoms with Crippen molar-refractivity contribution in [3.63, 3.8) is 0 Å². The molecule has 1 aliphatic heterocycles. The van der Waals surface area contributed by atoms with Crippen LogP contribution in [0.3, 0.4) is 0 Å². The molecule has 1 heterocycles. The van der Waals surface area contributed by atoms with Crippen LogP contribution in [0.4, 0.5) is 0 Å². The van der Waals surface area contributed by atoms with Crippen molar-refractivity contribution in [1.82, 2.24) is 5.32 Å². The van der Waals surface area contributed by atoms with Gasteiger partial charge in [-0.2, -0.15) is 0 Å². The lowest BCUT2D eigenvalue weighted by atomic mass is 9.98. The number of carbonyl (C=O) groups is 2. The number of amides is 1. The summed E-state index contributed by atoms with van der Waals surface area (Å²) >= 11 is 0. The van der Waals surface area contributed by atoms with Crippen molar-refractivity contribution in [2.24, 2.45) is 0 Å². The van der Waals surface area contributed by atoms with E-state index in [4.69, 9.17) is 9.47 Å². The Hall–Kier alpha value is -2.08. The molecule has 1 atom stereocenters. The molecule has 1 amide bonds. The largest absolute Gasteiger partial charge is 0.494 e. The second-order valence-corrected chi connectivity index (χ2v) is 4.60. The number of carboxylic acid groups (broad SMARTS) is 1. The summed E-state index contributed by atoms with van der Waals surface area (Å²) in [7, 11) is 0. The van der Waals surface area contributed by atoms with E-state index in [1.165, 1.54) is 0 Å². The monoisotopic (exact) mass is 279 g/mol. The lowest BCUT2D eigenvalue weighted by molar-refractivity contribution is -0.144. The van der Waals surface area contributed by atoms with Gasteiger partial charge < -0.3 is 19.9 Å². The molecular formula is C14H17NO5. The standard InChI is InChI=1S/C14H17NO5/c1-2-20-11-5-3-10(4-6-11)12(16)15-14(13(17)18)7-8-19-9-14/h3-6H,2,7-9H2,1H3,(H,15,16)(H,17,18). The van der Waals surface area contributed by atoms with Gasteiger partial charge >= 0.3 is 5.97 Å². The molecule has 1 aromatic rings. The van der Waals surface area contributed by atoms with E-state index in [0.29, 0.717) is 24.5 Å². The summed E-state index contributed by atoms with van der Waals surface area (Å²) in [6.07, 6.45) is 0.269. The lowest BCUT2D eigenvalue weighted by Gasteiger charge is -2.23. The average molecular weight is 279 g/mol. The lowest BCUT2D eigenvalue weighted by Crippen LogP contribution is -2.55. The zero-order valence-corrected chi connectivity index (χ0v) is 11.2. The molecule has 2 N–H and O–H groups in total. The predicted molar refractivity (Wildman–Crippen MR) is 70.9 cm³/mol. The van der Waals surface area contributed by atoms with Crippen LogP contribution < -0.4 is 10.1 Å². The maximum atomic E-state index is 12.1. The van der Waals surface area contributed by atoms with Crippen LogP contribution in [0.5, 0.6) is 5.75 Å². The number of ether oxygens (including phenoxy) is 2. The summed E-state index contributed by atoms with van der Waals surface area (Å²) in [5, 5.41) is 11.8. The van der Waals surface area contributed by atoms with Crippen molar-refractivity contribution >= 4 is 11.9 Å². The zero-order valence-electron chi connectivity index (χ0n) is 11.2. The summed E-state index contributed by atoms with van der Waals surface area (Å²) in [6.45, 7) is 2.74. The molecular weight excluding hydrogens is 262 g/mol. The van der Waals surface area contributed by atoms with E-state index >= 15 is 0 Å². The van der Waals surface area contributed by atoms with Gasteiger partial charge in [0.2, 0.25) is 0 Å². The molecule has 1 aliphatic rings. The van der Waals surface area contributed by atoms with E-state index in [0.717, 1.165) is 0 Å². The quantitative estimate of drug-likeness (QED) is 0.841. The van der Waals surface area contributed by atoms with Crippen LogP contribution in [0.2, 0.25) is 0 Å². The maximum absolute atomic E-state index is 12.1. The van der Waals surface area contributed by atoms with E-state index in [1.807, 2.05) is 6.92 Å². The Morgan fingerprint density at radius 2 is 2.10 bits per heavy atom. The number of hydrogen-bond donors (Lipinski definition) is 2. The highest BCUT2D eigenvalue weighted by Crippen LogP contribution is 2.20. The third-order valence-electron chi connectivity index (χ3n) is 3.21. The fraction of sp³-hybridized carbons (Fsp3) is 0.429. The average Bonchev–Trinajstić information content (AvgIpc) is 2.90. The highest BCUT2D eigenvalue weighted by molar-refractivity contribution is 5.98. The minimum Gasteiger partial charge on any atom is -0.494 e. The normalized spacial score (nSPS) is 21.4. The van der Waals surface area contributed by atoms with E-state index in [2.05, 4.69) is 5.32 Å². The van der Waals surface area contributed by atoms with Gasteiger partial charge in [0.15, 0.2) is 5.54 Å². The van der Waals surface area contributed by atoms with E-state index in [1.54, 1.807) is 24.3 Å². The smallest absolute Gasteiger partial charge is 0.331 e. The van der Waals surface area contributed by atoms with Gasteiger partial charge in [-0.15, -0.1) is 0 Å². The van der Waals surface area contributed by atoms with Crippen LogP contribution in [0.15, 0.2) is 24.3 Å². The molecule has 0 bridgehead atoms. The number of benzene rings is 1. The van der Waals surface area contributed by atoms with Gasteiger partial charge in [-0.3, -0.25) is 4.79 Å². The van der Waals surface area contributed by atoms with Gasteiger partial charge in [-0.05, 0) is 31.2 Å². The summed E-state index contributed by atoms with van der Waals surface area (Å²) in [5.74, 6) is -0.837. The van der Waals surface area contributed by atoms with Gasteiger partial charge in [-0.1, -0.05) is 0 Å². The first kappa shape index (κ1) is 14.3. The fourth-order valence-electron chi connectivity index (χ4n) is 2.04. The van der Waals surface area contributed by atoms with Crippen LogP contribution in [0.25, 0.3) is 0 Å². The van der Waals surface area contributed by atoms with Crippen molar-refractivity contribution in [3.05, 3.63) is 29.8 Å². The Morgan fingerprint density at radius 3 is 2.60 bits per heavy atom. The maximum Gasteiger partial charge on any atom is 0.331 e. The fourth-order valence-corrected chi connectivity index (χ4v) is 2.04. The number of aliphatic carboxylic acids is 1. The van der Waals surface area contributed by atoms with E-state index in [-0.39, 0.29) is 13.0 Å². The zero-order chi connectivity index (χ0) is 14.6. The molecule has 0 spiro atoms. The predicted octanol–water partition coefficient (Wildman–Crippen LogP) is 1.06. The van der Waals surface area contributed by atoms with Crippen LogP contribution in [-0.4, -0.2) is 42.3 Å². The molecule has 1 fully saturated rings. The third kappa shape index (κ3) is 2.91. The molecule has 0 aliphatic carbocycles. The first-order valence-electron chi connectivity index (χ1n) is 6.44. The highest BCUT2D eigenvalue weighted by Gasteiger charge is 2.44. The molecule has 108 valence electrons. The van der Waals surface area contributed by atoms with Crippen molar-refractivity contribution in [2.45, 2.75) is 18.9 Å².